The highest BCUT2D eigenvalue weighted by Gasteiger charge is 2.42. The van der Waals surface area contributed by atoms with Crippen LogP contribution < -0.4 is 11.1 Å². The van der Waals surface area contributed by atoms with Gasteiger partial charge in [-0.05, 0) is 30.5 Å². The number of halogens is 3. The van der Waals surface area contributed by atoms with E-state index in [9.17, 15) is 13.2 Å². The van der Waals surface area contributed by atoms with Crippen molar-refractivity contribution in [2.75, 3.05) is 18.1 Å². The lowest BCUT2D eigenvalue weighted by atomic mass is 10.1. The largest absolute Gasteiger partial charge is 0.409 e. The van der Waals surface area contributed by atoms with E-state index in [4.69, 9.17) is 10.9 Å². The number of alkyl halides is 3. The first-order valence-corrected chi connectivity index (χ1v) is 6.53. The average molecular weight is 293 g/mol. The molecule has 0 saturated carbocycles. The molecule has 0 aliphatic rings. The van der Waals surface area contributed by atoms with Crippen molar-refractivity contribution >= 4 is 23.3 Å². The Morgan fingerprint density at radius 1 is 1.42 bits per heavy atom. The Bertz CT molecular complexity index is 434. The van der Waals surface area contributed by atoms with E-state index in [-0.39, 0.29) is 0 Å². The maximum atomic E-state index is 12.7. The van der Waals surface area contributed by atoms with Crippen LogP contribution in [0.3, 0.4) is 0 Å². The Balaban J connectivity index is 2.71. The summed E-state index contributed by atoms with van der Waals surface area (Å²) in [4.78, 5) is 1.01. The predicted octanol–water partition coefficient (Wildman–Crippen LogP) is 2.75. The molecule has 4 N–H and O–H groups in total. The van der Waals surface area contributed by atoms with Gasteiger partial charge in [-0.3, -0.25) is 0 Å². The fraction of sp³-hybridized carbons (Fsp3) is 0.364. The minimum Gasteiger partial charge on any atom is -0.409 e. The number of amidine groups is 1. The van der Waals surface area contributed by atoms with Gasteiger partial charge >= 0.3 is 6.18 Å². The van der Waals surface area contributed by atoms with Crippen molar-refractivity contribution in [2.24, 2.45) is 16.8 Å². The minimum atomic E-state index is -4.57. The van der Waals surface area contributed by atoms with Crippen LogP contribution in [0.5, 0.6) is 0 Å². The molecule has 0 bridgehead atoms. The molecule has 0 fully saturated rings. The van der Waals surface area contributed by atoms with Crippen LogP contribution in [0.15, 0.2) is 34.3 Å². The lowest BCUT2D eigenvalue weighted by Crippen LogP contribution is -2.40. The van der Waals surface area contributed by atoms with Crippen LogP contribution in [0.25, 0.3) is 0 Å². The third-order valence-corrected chi connectivity index (χ3v) is 3.21. The van der Waals surface area contributed by atoms with Crippen LogP contribution in [-0.4, -0.2) is 30.0 Å². The maximum absolute atomic E-state index is 12.7. The number of benzene rings is 1. The zero-order chi connectivity index (χ0) is 14.5. The molecule has 1 atom stereocenters. The van der Waals surface area contributed by atoms with Crippen molar-refractivity contribution in [1.29, 1.82) is 0 Å². The third-order valence-electron chi connectivity index (χ3n) is 2.47. The van der Waals surface area contributed by atoms with Crippen molar-refractivity contribution in [3.63, 3.8) is 0 Å². The van der Waals surface area contributed by atoms with Gasteiger partial charge in [0, 0.05) is 17.1 Å². The first kappa shape index (κ1) is 15.5. The lowest BCUT2D eigenvalue weighted by molar-refractivity contribution is -0.152. The molecule has 106 valence electrons. The molecule has 0 saturated heterocycles. The van der Waals surface area contributed by atoms with Crippen molar-refractivity contribution < 1.29 is 18.4 Å². The summed E-state index contributed by atoms with van der Waals surface area (Å²) in [5.74, 6) is -2.89. The summed E-state index contributed by atoms with van der Waals surface area (Å²) in [6.45, 7) is -0.488. The zero-order valence-corrected chi connectivity index (χ0v) is 10.9. The summed E-state index contributed by atoms with van der Waals surface area (Å²) in [6, 6.07) is 6.93. The molecule has 8 heteroatoms. The van der Waals surface area contributed by atoms with Crippen LogP contribution in [0, 0.1) is 5.92 Å². The fourth-order valence-corrected chi connectivity index (χ4v) is 1.79. The number of thioether (sulfide) groups is 1. The van der Waals surface area contributed by atoms with Crippen LogP contribution in [-0.2, 0) is 0 Å². The molecule has 0 amide bonds. The van der Waals surface area contributed by atoms with E-state index in [1.165, 1.54) is 11.8 Å². The van der Waals surface area contributed by atoms with Crippen LogP contribution in [0.1, 0.15) is 0 Å². The molecule has 0 aliphatic heterocycles. The van der Waals surface area contributed by atoms with Crippen molar-refractivity contribution in [2.45, 2.75) is 11.1 Å². The quantitative estimate of drug-likeness (QED) is 0.257. The summed E-state index contributed by atoms with van der Waals surface area (Å²) < 4.78 is 38.0. The molecule has 0 aliphatic carbocycles. The highest BCUT2D eigenvalue weighted by molar-refractivity contribution is 7.98. The van der Waals surface area contributed by atoms with Crippen molar-refractivity contribution in [1.82, 2.24) is 0 Å². The molecule has 0 aromatic heterocycles. The maximum Gasteiger partial charge on any atom is 0.400 e. The Morgan fingerprint density at radius 3 is 2.42 bits per heavy atom. The second-order valence-electron chi connectivity index (χ2n) is 3.73. The van der Waals surface area contributed by atoms with E-state index in [1.807, 2.05) is 6.26 Å². The predicted molar refractivity (Wildman–Crippen MR) is 69.7 cm³/mol. The Hall–Kier alpha value is -1.57. The van der Waals surface area contributed by atoms with Gasteiger partial charge in [0.15, 0.2) is 5.84 Å². The monoisotopic (exact) mass is 293 g/mol. The normalized spacial score (nSPS) is 14.2. The van der Waals surface area contributed by atoms with E-state index in [2.05, 4.69) is 10.5 Å². The van der Waals surface area contributed by atoms with E-state index in [1.54, 1.807) is 24.3 Å². The van der Waals surface area contributed by atoms with Gasteiger partial charge in [0.2, 0.25) is 0 Å². The second kappa shape index (κ2) is 6.55. The summed E-state index contributed by atoms with van der Waals surface area (Å²) >= 11 is 1.53. The molecule has 1 aromatic rings. The van der Waals surface area contributed by atoms with Gasteiger partial charge < -0.3 is 16.3 Å². The Kier molecular flexibility index (Phi) is 5.34. The second-order valence-corrected chi connectivity index (χ2v) is 4.61. The third kappa shape index (κ3) is 4.55. The zero-order valence-electron chi connectivity index (χ0n) is 10.1. The van der Waals surface area contributed by atoms with Crippen molar-refractivity contribution in [3.8, 4) is 0 Å². The number of hydrogen-bond donors (Lipinski definition) is 3. The molecule has 0 spiro atoms. The molecule has 4 nitrogen and oxygen atoms in total. The Labute approximate surface area is 112 Å². The molecule has 0 radical (unpaired) electrons. The number of rotatable bonds is 5. The smallest absolute Gasteiger partial charge is 0.400 e. The topological polar surface area (TPSA) is 70.6 Å². The van der Waals surface area contributed by atoms with Gasteiger partial charge in [-0.15, -0.1) is 11.8 Å². The number of hydrogen-bond acceptors (Lipinski definition) is 4. The van der Waals surface area contributed by atoms with Crippen LogP contribution in [0.2, 0.25) is 0 Å². The first-order chi connectivity index (χ1) is 8.88. The van der Waals surface area contributed by atoms with E-state index >= 15 is 0 Å². The van der Waals surface area contributed by atoms with Gasteiger partial charge in [0.05, 0.1) is 0 Å². The number of nitrogens with zero attached hydrogens (tertiary/aromatic N) is 1. The van der Waals surface area contributed by atoms with E-state index < -0.39 is 24.5 Å². The number of nitrogens with two attached hydrogens (primary N) is 1. The summed E-state index contributed by atoms with van der Waals surface area (Å²) in [5, 5.41) is 13.4. The molecular formula is C11H14F3N3OS. The van der Waals surface area contributed by atoms with E-state index in [0.29, 0.717) is 5.69 Å². The summed E-state index contributed by atoms with van der Waals surface area (Å²) in [7, 11) is 0. The highest BCUT2D eigenvalue weighted by Crippen LogP contribution is 2.27. The molecule has 19 heavy (non-hydrogen) atoms. The number of nitrogens with one attached hydrogen (secondary N) is 1. The molecule has 1 aromatic carbocycles. The summed E-state index contributed by atoms with van der Waals surface area (Å²) in [5.41, 5.74) is 5.59. The first-order valence-electron chi connectivity index (χ1n) is 5.30. The summed E-state index contributed by atoms with van der Waals surface area (Å²) in [6.07, 6.45) is -2.66. The van der Waals surface area contributed by atoms with Gasteiger partial charge in [-0.1, -0.05) is 5.16 Å². The standard InChI is InChI=1S/C11H14F3N3OS/c1-19-8-4-2-7(3-5-8)16-6-9(10(15)17-18)11(12,13)14/h2-5,9,16,18H,6H2,1H3,(H2,15,17). The van der Waals surface area contributed by atoms with Gasteiger partial charge in [0.1, 0.15) is 5.92 Å². The van der Waals surface area contributed by atoms with Gasteiger partial charge in [-0.25, -0.2) is 0 Å². The Morgan fingerprint density at radius 2 is 2.00 bits per heavy atom. The van der Waals surface area contributed by atoms with E-state index in [0.717, 1.165) is 4.90 Å². The van der Waals surface area contributed by atoms with Crippen LogP contribution >= 0.6 is 11.8 Å². The van der Waals surface area contributed by atoms with Gasteiger partial charge in [0.25, 0.3) is 0 Å². The number of anilines is 1. The van der Waals surface area contributed by atoms with Crippen LogP contribution in [0.4, 0.5) is 18.9 Å². The molecule has 1 rings (SSSR count). The minimum absolute atomic E-state index is 0.488. The molecule has 0 heterocycles. The molecular weight excluding hydrogens is 279 g/mol. The number of oxime groups is 1. The average Bonchev–Trinajstić information content (AvgIpc) is 2.37. The highest BCUT2D eigenvalue weighted by atomic mass is 32.2. The lowest BCUT2D eigenvalue weighted by Gasteiger charge is -2.19. The van der Waals surface area contributed by atoms with Crippen molar-refractivity contribution in [3.05, 3.63) is 24.3 Å². The molecule has 1 unspecified atom stereocenters. The fourth-order valence-electron chi connectivity index (χ4n) is 1.39. The SMILES string of the molecule is CSc1ccc(NCC(/C(N)=N/O)C(F)(F)F)cc1. The van der Waals surface area contributed by atoms with Gasteiger partial charge in [-0.2, -0.15) is 13.2 Å².